The molecule has 0 amide bonds. The van der Waals surface area contributed by atoms with E-state index < -0.39 is 0 Å². The lowest BCUT2D eigenvalue weighted by atomic mass is 9.82. The van der Waals surface area contributed by atoms with Gasteiger partial charge in [-0.25, -0.2) is 4.79 Å². The number of fused-ring (bicyclic) bond motifs is 3. The maximum Gasteiger partial charge on any atom is 0.334 e. The fourth-order valence-electron chi connectivity index (χ4n) is 4.08. The van der Waals surface area contributed by atoms with E-state index in [9.17, 15) is 9.59 Å². The van der Waals surface area contributed by atoms with Crippen LogP contribution in [0.4, 0.5) is 0 Å². The van der Waals surface area contributed by atoms with E-state index >= 15 is 0 Å². The molecule has 1 heterocycles. The van der Waals surface area contributed by atoms with E-state index in [4.69, 9.17) is 9.47 Å². The molecule has 0 spiro atoms. The van der Waals surface area contributed by atoms with Crippen molar-refractivity contribution in [1.29, 1.82) is 0 Å². The lowest BCUT2D eigenvalue weighted by Gasteiger charge is -2.26. The minimum atomic E-state index is -0.317. The molecule has 3 fully saturated rings. The van der Waals surface area contributed by atoms with Crippen molar-refractivity contribution in [1.82, 2.24) is 0 Å². The largest absolute Gasteiger partial charge is 0.458 e. The summed E-state index contributed by atoms with van der Waals surface area (Å²) in [5, 5.41) is 0. The Morgan fingerprint density at radius 3 is 2.61 bits per heavy atom. The zero-order valence-corrected chi connectivity index (χ0v) is 13.8. The van der Waals surface area contributed by atoms with Crippen LogP contribution < -0.4 is 0 Å². The molecular weight excluding hydrogens is 292 g/mol. The van der Waals surface area contributed by atoms with Gasteiger partial charge in [0.25, 0.3) is 0 Å². The topological polar surface area (TPSA) is 52.6 Å². The summed E-state index contributed by atoms with van der Waals surface area (Å²) in [5.41, 5.74) is 2.54. The normalized spacial score (nSPS) is 36.6. The van der Waals surface area contributed by atoms with Crippen LogP contribution in [0.2, 0.25) is 0 Å². The Bertz CT molecular complexity index is 600. The van der Waals surface area contributed by atoms with Crippen LogP contribution in [-0.4, -0.2) is 24.1 Å². The molecule has 4 heteroatoms. The first-order chi connectivity index (χ1) is 10.8. The second-order valence-electron chi connectivity index (χ2n) is 7.22. The first-order valence-electron chi connectivity index (χ1n) is 8.27. The first kappa shape index (κ1) is 16.0. The Morgan fingerprint density at radius 2 is 1.96 bits per heavy atom. The van der Waals surface area contributed by atoms with Gasteiger partial charge in [0.2, 0.25) is 0 Å². The highest BCUT2D eigenvalue weighted by Crippen LogP contribution is 2.52. The van der Waals surface area contributed by atoms with Gasteiger partial charge >= 0.3 is 11.9 Å². The molecule has 0 N–H and O–H groups in total. The van der Waals surface area contributed by atoms with Crippen LogP contribution >= 0.6 is 0 Å². The van der Waals surface area contributed by atoms with E-state index in [1.807, 2.05) is 13.8 Å². The predicted molar refractivity (Wildman–Crippen MR) is 86.3 cm³/mol. The molecule has 3 rings (SSSR count). The zero-order valence-electron chi connectivity index (χ0n) is 13.8. The van der Waals surface area contributed by atoms with Crippen molar-refractivity contribution < 1.29 is 19.1 Å². The maximum atomic E-state index is 11.9. The summed E-state index contributed by atoms with van der Waals surface area (Å²) in [5.74, 6) is -0.549. The van der Waals surface area contributed by atoms with Gasteiger partial charge in [-0.2, -0.15) is 0 Å². The Kier molecular flexibility index (Phi) is 3.95. The smallest absolute Gasteiger partial charge is 0.334 e. The molecule has 124 valence electrons. The number of hydrogen-bond donors (Lipinski definition) is 0. The molecule has 0 aromatic heterocycles. The van der Waals surface area contributed by atoms with Crippen LogP contribution in [-0.2, 0) is 19.1 Å². The van der Waals surface area contributed by atoms with Crippen molar-refractivity contribution >= 4 is 11.9 Å². The zero-order chi connectivity index (χ0) is 16.9. The molecule has 1 saturated heterocycles. The number of carbonyl (C=O) groups is 2. The van der Waals surface area contributed by atoms with Crippen molar-refractivity contribution in [3.05, 3.63) is 36.5 Å². The van der Waals surface area contributed by atoms with E-state index in [2.05, 4.69) is 19.7 Å². The Balaban J connectivity index is 1.87. The number of hydrogen-bond acceptors (Lipinski definition) is 4. The highest BCUT2D eigenvalue weighted by atomic mass is 16.6. The number of esters is 2. The molecule has 0 aromatic carbocycles. The molecule has 0 aromatic rings. The Morgan fingerprint density at radius 1 is 1.26 bits per heavy atom. The van der Waals surface area contributed by atoms with Crippen LogP contribution in [0, 0.1) is 23.7 Å². The summed E-state index contributed by atoms with van der Waals surface area (Å²) in [6.45, 7) is 15.9. The molecular formula is C19H24O4. The molecule has 0 radical (unpaired) electrons. The summed E-state index contributed by atoms with van der Waals surface area (Å²) in [6.07, 6.45) is 1.81. The minimum absolute atomic E-state index is 0.0190. The molecule has 0 bridgehead atoms. The summed E-state index contributed by atoms with van der Waals surface area (Å²) in [7, 11) is 0. The van der Waals surface area contributed by atoms with Gasteiger partial charge in [0.1, 0.15) is 12.2 Å². The molecule has 4 nitrogen and oxygen atoms in total. The fraction of sp³-hybridized carbons (Fsp3) is 0.579. The van der Waals surface area contributed by atoms with E-state index in [-0.39, 0.29) is 47.8 Å². The van der Waals surface area contributed by atoms with E-state index in [0.29, 0.717) is 12.0 Å². The van der Waals surface area contributed by atoms with Gasteiger partial charge in [-0.05, 0) is 30.8 Å². The summed E-state index contributed by atoms with van der Waals surface area (Å²) < 4.78 is 11.2. The van der Waals surface area contributed by atoms with Gasteiger partial charge in [-0.1, -0.05) is 39.2 Å². The van der Waals surface area contributed by atoms with Gasteiger partial charge in [-0.3, -0.25) is 4.79 Å². The lowest BCUT2D eigenvalue weighted by Crippen LogP contribution is -2.29. The van der Waals surface area contributed by atoms with Crippen LogP contribution in [0.25, 0.3) is 0 Å². The van der Waals surface area contributed by atoms with E-state index in [1.54, 1.807) is 0 Å². The van der Waals surface area contributed by atoms with E-state index in [0.717, 1.165) is 24.0 Å². The third-order valence-electron chi connectivity index (χ3n) is 5.48. The maximum absolute atomic E-state index is 11.9. The average molecular weight is 316 g/mol. The summed E-state index contributed by atoms with van der Waals surface area (Å²) in [6, 6.07) is 0. The summed E-state index contributed by atoms with van der Waals surface area (Å²) >= 11 is 0. The highest BCUT2D eigenvalue weighted by molar-refractivity contribution is 5.91. The van der Waals surface area contributed by atoms with Crippen molar-refractivity contribution in [3.63, 3.8) is 0 Å². The fourth-order valence-corrected chi connectivity index (χ4v) is 4.08. The van der Waals surface area contributed by atoms with Crippen LogP contribution in [0.1, 0.15) is 33.1 Å². The molecule has 1 unspecified atom stereocenters. The SMILES string of the molecule is C=C1C(=O)O[C@H]2C1CCC(=C)[C@@H]1C[C@H](OC(=O)C(C)C)C(=C)[C@@H]12. The van der Waals surface area contributed by atoms with Gasteiger partial charge in [0, 0.05) is 17.4 Å². The molecule has 2 aliphatic carbocycles. The second-order valence-corrected chi connectivity index (χ2v) is 7.22. The Hall–Kier alpha value is -1.84. The molecule has 5 atom stereocenters. The second kappa shape index (κ2) is 5.66. The van der Waals surface area contributed by atoms with Crippen LogP contribution in [0.3, 0.4) is 0 Å². The van der Waals surface area contributed by atoms with Crippen LogP contribution in [0.15, 0.2) is 36.5 Å². The molecule has 1 aliphatic heterocycles. The van der Waals surface area contributed by atoms with Crippen molar-refractivity contribution in [2.75, 3.05) is 0 Å². The number of allylic oxidation sites excluding steroid dienone is 1. The Labute approximate surface area is 137 Å². The third-order valence-corrected chi connectivity index (χ3v) is 5.48. The summed E-state index contributed by atoms with van der Waals surface area (Å²) in [4.78, 5) is 23.9. The highest BCUT2D eigenvalue weighted by Gasteiger charge is 2.53. The van der Waals surface area contributed by atoms with Crippen LogP contribution in [0.5, 0.6) is 0 Å². The van der Waals surface area contributed by atoms with Crippen molar-refractivity contribution in [2.24, 2.45) is 23.7 Å². The number of carbonyl (C=O) groups excluding carboxylic acids is 2. The number of ether oxygens (including phenoxy) is 2. The van der Waals surface area contributed by atoms with Crippen molar-refractivity contribution in [2.45, 2.75) is 45.3 Å². The molecule has 2 saturated carbocycles. The average Bonchev–Trinajstić information content (AvgIpc) is 2.90. The number of rotatable bonds is 2. The van der Waals surface area contributed by atoms with E-state index in [1.165, 1.54) is 0 Å². The van der Waals surface area contributed by atoms with Gasteiger partial charge in [0.15, 0.2) is 0 Å². The third kappa shape index (κ3) is 2.54. The standard InChI is InChI=1S/C19H24O4/c1-9(2)18(20)22-15-8-14-10(3)6-7-13-11(4)19(21)23-17(13)16(14)12(15)5/h9,13-17H,3-8H2,1-2H3/t13?,14-,15-,16-,17-/m0/s1. The minimum Gasteiger partial charge on any atom is -0.458 e. The predicted octanol–water partition coefficient (Wildman–Crippen LogP) is 3.19. The van der Waals surface area contributed by atoms with Gasteiger partial charge in [-0.15, -0.1) is 0 Å². The first-order valence-corrected chi connectivity index (χ1v) is 8.27. The quantitative estimate of drug-likeness (QED) is 0.446. The van der Waals surface area contributed by atoms with Crippen molar-refractivity contribution in [3.8, 4) is 0 Å². The van der Waals surface area contributed by atoms with Gasteiger partial charge < -0.3 is 9.47 Å². The molecule has 23 heavy (non-hydrogen) atoms. The monoisotopic (exact) mass is 316 g/mol. The lowest BCUT2D eigenvalue weighted by molar-refractivity contribution is -0.151. The van der Waals surface area contributed by atoms with Gasteiger partial charge in [0.05, 0.1) is 5.92 Å². The molecule has 3 aliphatic rings.